The predicted octanol–water partition coefficient (Wildman–Crippen LogP) is 3.66. The maximum atomic E-state index is 14.1. The first-order valence-electron chi connectivity index (χ1n) is 12.3. The van der Waals surface area contributed by atoms with Gasteiger partial charge in [0, 0.05) is 11.1 Å². The monoisotopic (exact) mass is 545 g/mol. The van der Waals surface area contributed by atoms with Gasteiger partial charge < -0.3 is 15.0 Å². The first-order valence-corrected chi connectivity index (χ1v) is 14.0. The van der Waals surface area contributed by atoms with E-state index in [1.54, 1.807) is 0 Å². The molecule has 2 aliphatic heterocycles. The van der Waals surface area contributed by atoms with Crippen LogP contribution in [0.4, 0.5) is 13.2 Å². The van der Waals surface area contributed by atoms with E-state index in [-0.39, 0.29) is 16.7 Å². The zero-order valence-corrected chi connectivity index (χ0v) is 21.5. The van der Waals surface area contributed by atoms with Gasteiger partial charge in [0.25, 0.3) is 0 Å². The molecule has 0 amide bonds. The standard InChI is InChI=1S/C26H26NO3S.C2HF3O2/c1-23(2)20-13-14-24(23)16-31(29)27-26(24)21(22(30-31)18-11-7-4-8-12-18)19(15-25(20,26)28)17-9-5-3-6-10-17;3-2(4,5)1(6)7/h3-12,15,20,28H,13-14,16H2,1-2H3,(H,27,29);(H,6,7)/q+1;/p-1/t20-,24-,25+,26-,31?;/m0./s1. The SMILES string of the molecule is CC1(C)[C@@H]2CC[C@]13C[S+]1(=O)N[C@@]34C(=C(c3ccccc3)O1)C(c1ccccc1)=C[C@@]24O.O=C([O-])C(F)(F)F. The number of benzene rings is 2. The molecular formula is C28H26F3NO5S. The Morgan fingerprint density at radius 2 is 1.63 bits per heavy atom. The van der Waals surface area contributed by atoms with Gasteiger partial charge in [0.1, 0.15) is 17.1 Å². The van der Waals surface area contributed by atoms with Crippen molar-refractivity contribution >= 4 is 27.7 Å². The smallest absolute Gasteiger partial charge is 0.430 e. The van der Waals surface area contributed by atoms with Gasteiger partial charge in [-0.05, 0) is 45.6 Å². The van der Waals surface area contributed by atoms with E-state index in [1.807, 2.05) is 48.5 Å². The molecule has 200 valence electrons. The Labute approximate surface area is 219 Å². The van der Waals surface area contributed by atoms with Crippen LogP contribution < -0.4 is 9.83 Å². The number of halogens is 3. The number of hydrogen-bond acceptors (Lipinski definition) is 5. The molecule has 1 saturated heterocycles. The Bertz CT molecular complexity index is 1450. The molecule has 2 spiro atoms. The van der Waals surface area contributed by atoms with Crippen LogP contribution in [0.5, 0.6) is 0 Å². The summed E-state index contributed by atoms with van der Waals surface area (Å²) in [7, 11) is -2.81. The number of carbonyl (C=O) groups is 1. The lowest BCUT2D eigenvalue weighted by Gasteiger charge is -2.46. The summed E-state index contributed by atoms with van der Waals surface area (Å²) in [5.41, 5.74) is 1.58. The number of nitrogens with one attached hydrogen (secondary N) is 1. The van der Waals surface area contributed by atoms with E-state index in [4.69, 9.17) is 14.1 Å². The van der Waals surface area contributed by atoms with Crippen LogP contribution in [0, 0.1) is 16.7 Å². The highest BCUT2D eigenvalue weighted by Gasteiger charge is 2.92. The predicted molar refractivity (Wildman–Crippen MR) is 133 cm³/mol. The average molecular weight is 546 g/mol. The lowest BCUT2D eigenvalue weighted by molar-refractivity contribution is -0.344. The van der Waals surface area contributed by atoms with Crippen molar-refractivity contribution in [1.29, 1.82) is 0 Å². The molecule has 10 heteroatoms. The van der Waals surface area contributed by atoms with Crippen molar-refractivity contribution in [3.8, 4) is 0 Å². The van der Waals surface area contributed by atoms with E-state index >= 15 is 0 Å². The average Bonchev–Trinajstić information content (AvgIpc) is 3.41. The highest BCUT2D eigenvalue weighted by atomic mass is 32.3. The molecule has 1 unspecified atom stereocenters. The molecule has 2 N–H and O–H groups in total. The van der Waals surface area contributed by atoms with Crippen molar-refractivity contribution in [1.82, 2.24) is 4.72 Å². The molecule has 38 heavy (non-hydrogen) atoms. The largest absolute Gasteiger partial charge is 0.542 e. The third kappa shape index (κ3) is 2.91. The Morgan fingerprint density at radius 1 is 1.08 bits per heavy atom. The molecule has 2 saturated carbocycles. The van der Waals surface area contributed by atoms with Crippen molar-refractivity contribution in [3.63, 3.8) is 0 Å². The van der Waals surface area contributed by atoms with E-state index in [0.717, 1.165) is 35.1 Å². The fourth-order valence-corrected chi connectivity index (χ4v) is 10.9. The van der Waals surface area contributed by atoms with Gasteiger partial charge >= 0.3 is 16.6 Å². The Kier molecular flexibility index (Phi) is 5.05. The molecule has 3 aliphatic carbocycles. The topological polar surface area (TPSA) is 98.7 Å². The molecule has 5 atom stereocenters. The Morgan fingerprint density at radius 3 is 2.18 bits per heavy atom. The fraction of sp³-hybridized carbons (Fsp3) is 0.393. The second-order valence-electron chi connectivity index (χ2n) is 11.2. The molecule has 6 nitrogen and oxygen atoms in total. The third-order valence-corrected chi connectivity index (χ3v) is 11.3. The number of aliphatic carboxylic acids is 1. The summed E-state index contributed by atoms with van der Waals surface area (Å²) in [5.74, 6) is -1.80. The quantitative estimate of drug-likeness (QED) is 0.562. The van der Waals surface area contributed by atoms with E-state index in [2.05, 4.69) is 36.8 Å². The van der Waals surface area contributed by atoms with Gasteiger partial charge in [-0.25, -0.2) is 0 Å². The van der Waals surface area contributed by atoms with Gasteiger partial charge in [0.2, 0.25) is 5.76 Å². The van der Waals surface area contributed by atoms with Crippen LogP contribution in [0.25, 0.3) is 11.3 Å². The van der Waals surface area contributed by atoms with Crippen LogP contribution >= 0.6 is 0 Å². The molecular weight excluding hydrogens is 519 g/mol. The van der Waals surface area contributed by atoms with Crippen LogP contribution in [0.15, 0.2) is 72.3 Å². The van der Waals surface area contributed by atoms with Crippen molar-refractivity contribution in [2.24, 2.45) is 16.7 Å². The Balaban J connectivity index is 0.000000337. The van der Waals surface area contributed by atoms with E-state index in [9.17, 15) is 22.5 Å². The van der Waals surface area contributed by atoms with Gasteiger partial charge in [-0.15, -0.1) is 0 Å². The van der Waals surface area contributed by atoms with Gasteiger partial charge in [0.05, 0.1) is 5.41 Å². The minimum Gasteiger partial charge on any atom is -0.542 e. The first-order chi connectivity index (χ1) is 17.7. The van der Waals surface area contributed by atoms with Gasteiger partial charge in [-0.3, -0.25) is 4.18 Å². The highest BCUT2D eigenvalue weighted by molar-refractivity contribution is 7.97. The van der Waals surface area contributed by atoms with Crippen LogP contribution in [-0.4, -0.2) is 34.1 Å². The van der Waals surface area contributed by atoms with Gasteiger partial charge in [-0.2, -0.15) is 13.2 Å². The summed E-state index contributed by atoms with van der Waals surface area (Å²) < 4.78 is 55.5. The van der Waals surface area contributed by atoms with Crippen molar-refractivity contribution < 1.29 is 36.6 Å². The van der Waals surface area contributed by atoms with Crippen LogP contribution in [-0.2, 0) is 23.6 Å². The lowest BCUT2D eigenvalue weighted by Crippen LogP contribution is -2.66. The maximum Gasteiger partial charge on any atom is 0.430 e. The third-order valence-electron chi connectivity index (χ3n) is 9.37. The second-order valence-corrected chi connectivity index (χ2v) is 13.1. The molecule has 0 aromatic heterocycles. The summed E-state index contributed by atoms with van der Waals surface area (Å²) >= 11 is 0. The number of carboxylic acids is 1. The molecule has 2 heterocycles. The molecule has 5 aliphatic rings. The minimum absolute atomic E-state index is 0.0998. The Hall–Kier alpha value is -2.95. The fourth-order valence-electron chi connectivity index (χ4n) is 7.97. The van der Waals surface area contributed by atoms with E-state index in [1.165, 1.54) is 0 Å². The summed E-state index contributed by atoms with van der Waals surface area (Å²) in [6.07, 6.45) is -1.24. The van der Waals surface area contributed by atoms with E-state index < -0.39 is 33.7 Å². The van der Waals surface area contributed by atoms with Crippen LogP contribution in [0.2, 0.25) is 0 Å². The van der Waals surface area contributed by atoms with Crippen LogP contribution in [0.1, 0.15) is 37.8 Å². The number of aliphatic hydroxyl groups is 1. The number of alkyl halides is 3. The van der Waals surface area contributed by atoms with Crippen molar-refractivity contribution in [2.75, 3.05) is 5.75 Å². The summed E-state index contributed by atoms with van der Waals surface area (Å²) in [5, 5.41) is 21.3. The van der Waals surface area contributed by atoms with Crippen molar-refractivity contribution in [3.05, 3.63) is 83.4 Å². The zero-order chi connectivity index (χ0) is 27.4. The number of hydrogen-bond donors (Lipinski definition) is 2. The molecule has 3 fully saturated rings. The number of rotatable bonds is 2. The molecule has 7 rings (SSSR count). The van der Waals surface area contributed by atoms with Crippen LogP contribution in [0.3, 0.4) is 0 Å². The van der Waals surface area contributed by atoms with Gasteiger partial charge in [0.15, 0.2) is 5.75 Å². The second kappa shape index (κ2) is 7.58. The minimum atomic E-state index is -5.19. The normalized spacial score (nSPS) is 37.2. The van der Waals surface area contributed by atoms with Gasteiger partial charge in [-0.1, -0.05) is 79.2 Å². The number of carboxylic acid groups (broad SMARTS) is 1. The molecule has 4 bridgehead atoms. The zero-order valence-electron chi connectivity index (χ0n) is 20.7. The summed E-state index contributed by atoms with van der Waals surface area (Å²) in [4.78, 5) is 8.78. The molecule has 2 aromatic rings. The number of carbonyl (C=O) groups excluding carboxylic acids is 1. The summed E-state index contributed by atoms with van der Waals surface area (Å²) in [6, 6.07) is 20.2. The summed E-state index contributed by atoms with van der Waals surface area (Å²) in [6.45, 7) is 4.52. The maximum absolute atomic E-state index is 14.1. The van der Waals surface area contributed by atoms with Crippen molar-refractivity contribution in [2.45, 2.75) is 44.0 Å². The molecule has 2 aromatic carbocycles. The van der Waals surface area contributed by atoms with E-state index in [0.29, 0.717) is 11.5 Å². The highest BCUT2D eigenvalue weighted by Crippen LogP contribution is 2.82. The molecule has 0 radical (unpaired) electrons. The lowest BCUT2D eigenvalue weighted by atomic mass is 9.58. The number of fused-ring (bicyclic) bond motifs is 3. The first kappa shape index (κ1) is 25.3.